The van der Waals surface area contributed by atoms with Crippen molar-refractivity contribution < 1.29 is 39.2 Å². The Morgan fingerprint density at radius 3 is 1.93 bits per heavy atom. The minimum absolute atomic E-state index is 0.0438. The van der Waals surface area contributed by atoms with Crippen molar-refractivity contribution in [3.05, 3.63) is 39.9 Å². The van der Waals surface area contributed by atoms with E-state index in [-0.39, 0.29) is 41.7 Å². The fourth-order valence-electron chi connectivity index (χ4n) is 5.98. The maximum absolute atomic E-state index is 13.9. The van der Waals surface area contributed by atoms with E-state index in [2.05, 4.69) is 18.7 Å². The van der Waals surface area contributed by atoms with Gasteiger partial charge in [0.05, 0.1) is 24.6 Å². The molecule has 0 atom stereocenters. The molecule has 0 unspecified atom stereocenters. The molecule has 2 amide bonds. The van der Waals surface area contributed by atoms with E-state index in [9.17, 15) is 19.7 Å². The number of rotatable bonds is 12. The number of nitrogens with zero attached hydrogens (tertiary/aromatic N) is 3. The number of quaternary nitrogens is 1. The van der Waals surface area contributed by atoms with Gasteiger partial charge in [0.2, 0.25) is 5.91 Å². The van der Waals surface area contributed by atoms with Crippen LogP contribution in [0.2, 0.25) is 0 Å². The molecule has 0 radical (unpaired) electrons. The van der Waals surface area contributed by atoms with Crippen molar-refractivity contribution >= 4 is 29.4 Å². The molecule has 1 aromatic rings. The summed E-state index contributed by atoms with van der Waals surface area (Å²) in [7, 11) is 0. The van der Waals surface area contributed by atoms with Gasteiger partial charge in [-0.25, -0.2) is 4.79 Å². The Kier molecular flexibility index (Phi) is 14.9. The molecule has 2 saturated carbocycles. The Balaban J connectivity index is 0.000000928. The number of nitro groups is 1. The molecule has 0 spiro atoms. The average Bonchev–Trinajstić information content (AvgIpc) is 3.00. The second kappa shape index (κ2) is 18.1. The number of nitro benzene ring substituents is 1. The molecule has 1 aromatic carbocycles. The third-order valence-electron chi connectivity index (χ3n) is 8.27. The van der Waals surface area contributed by atoms with Crippen molar-refractivity contribution in [2.24, 2.45) is 0 Å². The molecule has 12 nitrogen and oxygen atoms in total. The van der Waals surface area contributed by atoms with E-state index in [1.54, 1.807) is 17.0 Å². The molecular weight excluding hydrogens is 544 g/mol. The van der Waals surface area contributed by atoms with E-state index < -0.39 is 16.9 Å². The maximum Gasteiger partial charge on any atom is 0.351 e. The third kappa shape index (κ3) is 11.0. The first-order valence-corrected chi connectivity index (χ1v) is 15.2. The van der Waals surface area contributed by atoms with Crippen molar-refractivity contribution in [2.45, 2.75) is 96.6 Å². The molecule has 3 rings (SSSR count). The first kappa shape index (κ1) is 34.7. The van der Waals surface area contributed by atoms with E-state index in [0.29, 0.717) is 6.54 Å². The van der Waals surface area contributed by atoms with Crippen LogP contribution in [0.25, 0.3) is 0 Å². The smallest absolute Gasteiger partial charge is 0.351 e. The number of benzene rings is 1. The number of hydrogen-bond acceptors (Lipinski definition) is 7. The molecule has 0 aromatic heterocycles. The zero-order chi connectivity index (χ0) is 31.1. The number of amides is 2. The summed E-state index contributed by atoms with van der Waals surface area (Å²) in [6.07, 6.45) is 12.1. The third-order valence-corrected chi connectivity index (χ3v) is 8.27. The molecule has 0 saturated heterocycles. The Bertz CT molecular complexity index is 1020. The quantitative estimate of drug-likeness (QED) is 0.211. The van der Waals surface area contributed by atoms with Gasteiger partial charge >= 0.3 is 5.97 Å². The average molecular weight is 591 g/mol. The van der Waals surface area contributed by atoms with Gasteiger partial charge in [0.15, 0.2) is 5.97 Å². The molecule has 2 fully saturated rings. The molecule has 2 aliphatic carbocycles. The van der Waals surface area contributed by atoms with Crippen LogP contribution in [0.5, 0.6) is 0 Å². The molecule has 0 heterocycles. The summed E-state index contributed by atoms with van der Waals surface area (Å²) in [5.74, 6) is -4.26. The SMILES string of the molecule is CC[NH+](CC)CCCN(CC(=O)N(C1CCCCC1)C1CCCCC1)C(=O)c1cccc([N+](=O)[O-])c1.O=C([O-])C(=O)O. The fraction of sp³-hybridized carbons (Fsp3) is 0.667. The van der Waals surface area contributed by atoms with Crippen molar-refractivity contribution in [1.82, 2.24) is 9.80 Å². The Morgan fingerprint density at radius 1 is 0.952 bits per heavy atom. The second-order valence-corrected chi connectivity index (χ2v) is 11.1. The van der Waals surface area contributed by atoms with Crippen LogP contribution < -0.4 is 10.0 Å². The second-order valence-electron chi connectivity index (χ2n) is 11.1. The highest BCUT2D eigenvalue weighted by Crippen LogP contribution is 2.30. The molecule has 2 N–H and O–H groups in total. The van der Waals surface area contributed by atoms with Gasteiger partial charge in [0.25, 0.3) is 11.6 Å². The number of nitrogens with one attached hydrogen (secondary N) is 1. The standard InChI is InChI=1S/C28H44N4O4.C2H2O4/c1-3-29(4-2)19-12-20-30(28(34)23-13-11-18-26(21-23)32(35)36)22-27(33)31(24-14-7-5-8-15-24)25-16-9-6-10-17-25;3-1(4)2(5)6/h11,13,18,21,24-25H,3-10,12,14-17,19-20,22H2,1-2H3;(H,3,4)(H,5,6). The van der Waals surface area contributed by atoms with E-state index in [1.807, 2.05) is 0 Å². The van der Waals surface area contributed by atoms with Crippen LogP contribution in [0.1, 0.15) is 94.8 Å². The zero-order valence-electron chi connectivity index (χ0n) is 24.9. The van der Waals surface area contributed by atoms with Gasteiger partial charge < -0.3 is 29.7 Å². The molecule has 0 bridgehead atoms. The van der Waals surface area contributed by atoms with Crippen molar-refractivity contribution in [3.63, 3.8) is 0 Å². The Labute approximate surface area is 247 Å². The van der Waals surface area contributed by atoms with E-state index >= 15 is 0 Å². The predicted molar refractivity (Wildman–Crippen MR) is 154 cm³/mol. The summed E-state index contributed by atoms with van der Waals surface area (Å²) in [5, 5.41) is 27.6. The topological polar surface area (TPSA) is 166 Å². The summed E-state index contributed by atoms with van der Waals surface area (Å²) in [6.45, 7) is 7.79. The van der Waals surface area contributed by atoms with E-state index in [4.69, 9.17) is 19.8 Å². The monoisotopic (exact) mass is 590 g/mol. The van der Waals surface area contributed by atoms with Crippen LogP contribution in [-0.4, -0.2) is 88.4 Å². The van der Waals surface area contributed by atoms with Gasteiger partial charge in [-0.05, 0) is 45.6 Å². The van der Waals surface area contributed by atoms with Crippen LogP contribution in [0, 0.1) is 10.1 Å². The number of non-ortho nitro benzene ring substituents is 1. The molecule has 2 aliphatic rings. The largest absolute Gasteiger partial charge is 0.539 e. The minimum atomic E-state index is -2.07. The Morgan fingerprint density at radius 2 is 1.48 bits per heavy atom. The van der Waals surface area contributed by atoms with Crippen LogP contribution in [0.15, 0.2) is 24.3 Å². The summed E-state index contributed by atoms with van der Waals surface area (Å²) in [6, 6.07) is 6.41. The van der Waals surface area contributed by atoms with Crippen molar-refractivity contribution in [3.8, 4) is 0 Å². The lowest BCUT2D eigenvalue weighted by Crippen LogP contribution is -3.11. The highest BCUT2D eigenvalue weighted by atomic mass is 16.6. The molecular formula is C30H46N4O8. The number of carbonyl (C=O) groups is 4. The first-order chi connectivity index (χ1) is 20.1. The number of carboxylic acids is 2. The zero-order valence-corrected chi connectivity index (χ0v) is 24.9. The maximum atomic E-state index is 13.9. The molecule has 42 heavy (non-hydrogen) atoms. The molecule has 0 aliphatic heterocycles. The van der Waals surface area contributed by atoms with E-state index in [0.717, 1.165) is 77.4 Å². The van der Waals surface area contributed by atoms with Gasteiger partial charge in [-0.2, -0.15) is 0 Å². The first-order valence-electron chi connectivity index (χ1n) is 15.2. The van der Waals surface area contributed by atoms with Crippen LogP contribution in [0.3, 0.4) is 0 Å². The van der Waals surface area contributed by atoms with Gasteiger partial charge in [-0.15, -0.1) is 0 Å². The van der Waals surface area contributed by atoms with Crippen LogP contribution in [-0.2, 0) is 14.4 Å². The summed E-state index contributed by atoms with van der Waals surface area (Å²) in [5.41, 5.74) is 0.166. The van der Waals surface area contributed by atoms with Crippen molar-refractivity contribution in [2.75, 3.05) is 32.7 Å². The van der Waals surface area contributed by atoms with Crippen LogP contribution in [0.4, 0.5) is 5.69 Å². The number of carboxylic acid groups (broad SMARTS) is 2. The lowest BCUT2D eigenvalue weighted by Gasteiger charge is -2.42. The number of hydrogen-bond donors (Lipinski definition) is 2. The van der Waals surface area contributed by atoms with Gasteiger partial charge in [0, 0.05) is 42.7 Å². The Hall–Kier alpha value is -3.54. The normalized spacial score (nSPS) is 15.8. The highest BCUT2D eigenvalue weighted by molar-refractivity contribution is 6.26. The fourth-order valence-corrected chi connectivity index (χ4v) is 5.98. The molecule has 234 valence electrons. The highest BCUT2D eigenvalue weighted by Gasteiger charge is 2.34. The lowest BCUT2D eigenvalue weighted by molar-refractivity contribution is -0.896. The summed E-state index contributed by atoms with van der Waals surface area (Å²) < 4.78 is 0. The number of carbonyl (C=O) groups excluding carboxylic acids is 3. The van der Waals surface area contributed by atoms with Crippen molar-refractivity contribution in [1.29, 1.82) is 0 Å². The molecule has 12 heteroatoms. The lowest BCUT2D eigenvalue weighted by atomic mass is 9.88. The number of aliphatic carboxylic acids is 2. The predicted octanol–water partition coefficient (Wildman–Crippen LogP) is 1.67. The minimum Gasteiger partial charge on any atom is -0.539 e. The van der Waals surface area contributed by atoms with Gasteiger partial charge in [-0.3, -0.25) is 19.7 Å². The van der Waals surface area contributed by atoms with Gasteiger partial charge in [0.1, 0.15) is 6.54 Å². The van der Waals surface area contributed by atoms with Gasteiger partial charge in [-0.1, -0.05) is 44.6 Å². The summed E-state index contributed by atoms with van der Waals surface area (Å²) >= 11 is 0. The summed E-state index contributed by atoms with van der Waals surface area (Å²) in [4.78, 5) is 61.5. The van der Waals surface area contributed by atoms with E-state index in [1.165, 1.54) is 29.9 Å². The van der Waals surface area contributed by atoms with Crippen LogP contribution >= 0.6 is 0 Å².